The number of carbonyl (C=O) groups excluding carboxylic acids is 1. The lowest BCUT2D eigenvalue weighted by Crippen LogP contribution is -2.45. The molecule has 0 saturated heterocycles. The van der Waals surface area contributed by atoms with Gasteiger partial charge in [-0.25, -0.2) is 0 Å². The van der Waals surface area contributed by atoms with E-state index in [2.05, 4.69) is 36.0 Å². The number of nitrogens with zero attached hydrogens (tertiary/aromatic N) is 5. The highest BCUT2D eigenvalue weighted by atomic mass is 32.2. The number of pyridine rings is 1. The number of benzene rings is 1. The Labute approximate surface area is 197 Å². The van der Waals surface area contributed by atoms with Crippen LogP contribution < -0.4 is 0 Å². The van der Waals surface area contributed by atoms with Crippen LogP contribution in [0.25, 0.3) is 11.4 Å². The first-order valence-corrected chi connectivity index (χ1v) is 11.7. The molecule has 3 heterocycles. The largest absolute Gasteiger partial charge is 0.467 e. The maximum absolute atomic E-state index is 13.3. The van der Waals surface area contributed by atoms with Crippen LogP contribution >= 0.6 is 11.8 Å². The fourth-order valence-electron chi connectivity index (χ4n) is 3.47. The number of rotatable bonds is 8. The lowest BCUT2D eigenvalue weighted by Gasteiger charge is -2.36. The first-order valence-electron chi connectivity index (χ1n) is 10.7. The number of thioether (sulfide) groups is 1. The van der Waals surface area contributed by atoms with Gasteiger partial charge < -0.3 is 9.32 Å². The van der Waals surface area contributed by atoms with Crippen molar-refractivity contribution in [3.05, 3.63) is 84.6 Å². The van der Waals surface area contributed by atoms with Gasteiger partial charge in [0.1, 0.15) is 5.76 Å². The molecule has 3 aromatic heterocycles. The summed E-state index contributed by atoms with van der Waals surface area (Å²) in [6.07, 6.45) is 5.12. The van der Waals surface area contributed by atoms with Gasteiger partial charge in [-0.05, 0) is 50.6 Å². The highest BCUT2D eigenvalue weighted by Gasteiger charge is 2.27. The summed E-state index contributed by atoms with van der Waals surface area (Å²) in [4.78, 5) is 19.4. The molecule has 4 rings (SSSR count). The lowest BCUT2D eigenvalue weighted by atomic mass is 10.0. The predicted molar refractivity (Wildman–Crippen MR) is 129 cm³/mol. The van der Waals surface area contributed by atoms with Crippen LogP contribution in [0.3, 0.4) is 0 Å². The van der Waals surface area contributed by atoms with E-state index < -0.39 is 0 Å². The molecule has 170 valence electrons. The van der Waals surface area contributed by atoms with Gasteiger partial charge in [-0.15, -0.1) is 10.2 Å². The minimum absolute atomic E-state index is 0.0480. The topological polar surface area (TPSA) is 77.1 Å². The predicted octanol–water partition coefficient (Wildman–Crippen LogP) is 4.90. The van der Waals surface area contributed by atoms with Gasteiger partial charge in [-0.2, -0.15) is 0 Å². The molecule has 0 N–H and O–H groups in total. The van der Waals surface area contributed by atoms with Crippen molar-refractivity contribution >= 4 is 17.7 Å². The zero-order valence-corrected chi connectivity index (χ0v) is 19.8. The van der Waals surface area contributed by atoms with E-state index in [-0.39, 0.29) is 17.2 Å². The Balaban J connectivity index is 1.55. The zero-order chi connectivity index (χ0) is 23.3. The molecule has 0 aliphatic rings. The van der Waals surface area contributed by atoms with Crippen molar-refractivity contribution in [1.29, 1.82) is 0 Å². The van der Waals surface area contributed by atoms with Gasteiger partial charge in [0.25, 0.3) is 0 Å². The summed E-state index contributed by atoms with van der Waals surface area (Å²) in [5.41, 5.74) is 1.65. The summed E-state index contributed by atoms with van der Waals surface area (Å²) in [6, 6.07) is 17.6. The normalized spacial score (nSPS) is 11.5. The summed E-state index contributed by atoms with van der Waals surface area (Å²) in [7, 11) is 0. The van der Waals surface area contributed by atoms with Gasteiger partial charge in [0.15, 0.2) is 11.0 Å². The summed E-state index contributed by atoms with van der Waals surface area (Å²) < 4.78 is 7.52. The van der Waals surface area contributed by atoms with Crippen molar-refractivity contribution in [2.75, 3.05) is 5.75 Å². The molecule has 0 spiro atoms. The number of furan rings is 1. The Hall–Kier alpha value is -3.39. The fourth-order valence-corrected chi connectivity index (χ4v) is 4.29. The van der Waals surface area contributed by atoms with Crippen LogP contribution in [0.1, 0.15) is 32.1 Å². The summed E-state index contributed by atoms with van der Waals surface area (Å²) in [6.45, 7) is 7.19. The van der Waals surface area contributed by atoms with Crippen LogP contribution in [0.2, 0.25) is 0 Å². The van der Waals surface area contributed by atoms with Gasteiger partial charge in [0.05, 0.1) is 18.6 Å². The molecular formula is C25H27N5O2S. The van der Waals surface area contributed by atoms with E-state index in [4.69, 9.17) is 4.42 Å². The quantitative estimate of drug-likeness (QED) is 0.347. The second-order valence-corrected chi connectivity index (χ2v) is 9.58. The second-order valence-electron chi connectivity index (χ2n) is 8.64. The molecule has 0 unspecified atom stereocenters. The Morgan fingerprint density at radius 1 is 1.06 bits per heavy atom. The molecule has 33 heavy (non-hydrogen) atoms. The third-order valence-electron chi connectivity index (χ3n) is 5.15. The van der Waals surface area contributed by atoms with E-state index in [1.165, 1.54) is 11.8 Å². The van der Waals surface area contributed by atoms with Gasteiger partial charge in [-0.3, -0.25) is 14.3 Å². The molecule has 4 aromatic rings. The van der Waals surface area contributed by atoms with Crippen molar-refractivity contribution in [3.8, 4) is 11.4 Å². The first kappa shape index (κ1) is 22.8. The summed E-state index contributed by atoms with van der Waals surface area (Å²) >= 11 is 1.38. The average Bonchev–Trinajstić information content (AvgIpc) is 3.47. The minimum atomic E-state index is -0.309. The number of amides is 1. The van der Waals surface area contributed by atoms with E-state index in [1.54, 1.807) is 18.7 Å². The number of carbonyl (C=O) groups is 1. The molecule has 0 saturated carbocycles. The lowest BCUT2D eigenvalue weighted by molar-refractivity contribution is -0.133. The molecule has 8 heteroatoms. The van der Waals surface area contributed by atoms with Crippen LogP contribution in [-0.2, 0) is 17.9 Å². The summed E-state index contributed by atoms with van der Waals surface area (Å²) in [5.74, 6) is 1.78. The SMILES string of the molecule is CC(C)(C)N(Cc1ccccc1)C(=O)CSc1nnc(-c2cccnc2)n1Cc1ccco1. The highest BCUT2D eigenvalue weighted by Crippen LogP contribution is 2.26. The minimum Gasteiger partial charge on any atom is -0.467 e. The molecule has 0 aliphatic carbocycles. The Morgan fingerprint density at radius 2 is 1.88 bits per heavy atom. The Bertz CT molecular complexity index is 1170. The van der Waals surface area contributed by atoms with Crippen LogP contribution in [0.4, 0.5) is 0 Å². The van der Waals surface area contributed by atoms with E-state index >= 15 is 0 Å². The number of hydrogen-bond acceptors (Lipinski definition) is 6. The maximum Gasteiger partial charge on any atom is 0.233 e. The van der Waals surface area contributed by atoms with Crippen molar-refractivity contribution in [2.45, 2.75) is 44.6 Å². The average molecular weight is 462 g/mol. The van der Waals surface area contributed by atoms with E-state index in [0.29, 0.717) is 24.1 Å². The molecule has 0 atom stereocenters. The molecule has 0 radical (unpaired) electrons. The standard InChI is InChI=1S/C25H27N5O2S/c1-25(2,3)30(16-19-9-5-4-6-10-19)22(31)18-33-24-28-27-23(20-11-7-13-26-15-20)29(24)17-21-12-8-14-32-21/h4-15H,16-18H2,1-3H3. The first-order chi connectivity index (χ1) is 15.9. The zero-order valence-electron chi connectivity index (χ0n) is 19.0. The van der Waals surface area contributed by atoms with Crippen molar-refractivity contribution < 1.29 is 9.21 Å². The molecule has 0 fully saturated rings. The van der Waals surface area contributed by atoms with Crippen LogP contribution in [0.15, 0.2) is 82.8 Å². The molecular weight excluding hydrogens is 434 g/mol. The second kappa shape index (κ2) is 10.0. The molecule has 0 bridgehead atoms. The molecule has 1 amide bonds. The Morgan fingerprint density at radius 3 is 2.55 bits per heavy atom. The monoisotopic (exact) mass is 461 g/mol. The van der Waals surface area contributed by atoms with Crippen LogP contribution in [0, 0.1) is 0 Å². The van der Waals surface area contributed by atoms with Crippen molar-refractivity contribution in [1.82, 2.24) is 24.6 Å². The van der Waals surface area contributed by atoms with Crippen LogP contribution in [-0.4, -0.2) is 41.8 Å². The van der Waals surface area contributed by atoms with Crippen LogP contribution in [0.5, 0.6) is 0 Å². The molecule has 1 aromatic carbocycles. The summed E-state index contributed by atoms with van der Waals surface area (Å²) in [5, 5.41) is 9.44. The third kappa shape index (κ3) is 5.70. The highest BCUT2D eigenvalue weighted by molar-refractivity contribution is 7.99. The smallest absolute Gasteiger partial charge is 0.233 e. The molecule has 7 nitrogen and oxygen atoms in total. The number of aromatic nitrogens is 4. The van der Waals surface area contributed by atoms with E-state index in [0.717, 1.165) is 16.9 Å². The van der Waals surface area contributed by atoms with Gasteiger partial charge >= 0.3 is 0 Å². The van der Waals surface area contributed by atoms with E-state index in [9.17, 15) is 4.79 Å². The van der Waals surface area contributed by atoms with Crippen molar-refractivity contribution in [3.63, 3.8) is 0 Å². The molecule has 0 aliphatic heterocycles. The van der Waals surface area contributed by atoms with Gasteiger partial charge in [-0.1, -0.05) is 42.1 Å². The third-order valence-corrected chi connectivity index (χ3v) is 6.10. The Kier molecular flexibility index (Phi) is 6.93. The van der Waals surface area contributed by atoms with Gasteiger partial charge in [0, 0.05) is 30.0 Å². The number of hydrogen-bond donors (Lipinski definition) is 0. The maximum atomic E-state index is 13.3. The van der Waals surface area contributed by atoms with Crippen molar-refractivity contribution in [2.24, 2.45) is 0 Å². The van der Waals surface area contributed by atoms with Gasteiger partial charge in [0.2, 0.25) is 5.91 Å². The fraction of sp³-hybridized carbons (Fsp3) is 0.280. The van der Waals surface area contributed by atoms with E-state index in [1.807, 2.05) is 64.1 Å².